The minimum absolute atomic E-state index is 0.0766. The molecule has 2 rings (SSSR count). The Labute approximate surface area is 167 Å². The molecule has 6 nitrogen and oxygen atoms in total. The lowest BCUT2D eigenvalue weighted by molar-refractivity contribution is -0.138. The van der Waals surface area contributed by atoms with Crippen molar-refractivity contribution in [3.8, 4) is 0 Å². The van der Waals surface area contributed by atoms with Crippen molar-refractivity contribution in [1.82, 2.24) is 10.2 Å². The maximum Gasteiger partial charge on any atom is 0.305 e. The minimum atomic E-state index is -0.917. The fourth-order valence-corrected chi connectivity index (χ4v) is 3.81. The molecule has 0 unspecified atom stereocenters. The van der Waals surface area contributed by atoms with Gasteiger partial charge in [0.1, 0.15) is 0 Å². The number of carbonyl (C=O) groups is 3. The van der Waals surface area contributed by atoms with Crippen LogP contribution in [0.5, 0.6) is 0 Å². The van der Waals surface area contributed by atoms with Gasteiger partial charge in [0.05, 0.1) is 6.42 Å². The predicted molar refractivity (Wildman–Crippen MR) is 108 cm³/mol. The van der Waals surface area contributed by atoms with Gasteiger partial charge in [-0.15, -0.1) is 0 Å². The zero-order valence-electron chi connectivity index (χ0n) is 17.1. The SMILES string of the molecule is CCc1ccccc1CN1C(=O)CC[C@H]1CC(=O)N[C@H](CC(=O)O)[C@H](C)CC. The summed E-state index contributed by atoms with van der Waals surface area (Å²) >= 11 is 0. The van der Waals surface area contributed by atoms with Crippen LogP contribution in [0.2, 0.25) is 0 Å². The Balaban J connectivity index is 2.03. The number of carboxylic acid groups (broad SMARTS) is 1. The summed E-state index contributed by atoms with van der Waals surface area (Å²) in [5.74, 6) is -0.940. The van der Waals surface area contributed by atoms with E-state index in [-0.39, 0.29) is 42.7 Å². The zero-order valence-corrected chi connectivity index (χ0v) is 17.1. The van der Waals surface area contributed by atoms with Crippen LogP contribution in [-0.2, 0) is 27.3 Å². The molecule has 3 atom stereocenters. The Morgan fingerprint density at radius 2 is 1.93 bits per heavy atom. The van der Waals surface area contributed by atoms with E-state index in [9.17, 15) is 14.4 Å². The zero-order chi connectivity index (χ0) is 20.7. The second-order valence-electron chi connectivity index (χ2n) is 7.70. The molecule has 0 saturated carbocycles. The molecule has 1 saturated heterocycles. The number of likely N-dealkylation sites (tertiary alicyclic amines) is 1. The number of aryl methyl sites for hydroxylation is 1. The van der Waals surface area contributed by atoms with E-state index in [1.54, 1.807) is 0 Å². The Morgan fingerprint density at radius 3 is 2.54 bits per heavy atom. The monoisotopic (exact) mass is 388 g/mol. The minimum Gasteiger partial charge on any atom is -0.481 e. The topological polar surface area (TPSA) is 86.7 Å². The van der Waals surface area contributed by atoms with Crippen LogP contribution in [0.4, 0.5) is 0 Å². The summed E-state index contributed by atoms with van der Waals surface area (Å²) in [4.78, 5) is 37.9. The van der Waals surface area contributed by atoms with Gasteiger partial charge < -0.3 is 15.3 Å². The molecule has 1 aliphatic rings. The van der Waals surface area contributed by atoms with Gasteiger partial charge in [-0.2, -0.15) is 0 Å². The molecule has 0 bridgehead atoms. The van der Waals surface area contributed by atoms with E-state index in [2.05, 4.69) is 18.3 Å². The van der Waals surface area contributed by atoms with Crippen LogP contribution in [0.15, 0.2) is 24.3 Å². The van der Waals surface area contributed by atoms with Crippen LogP contribution in [0.3, 0.4) is 0 Å². The van der Waals surface area contributed by atoms with Gasteiger partial charge in [0.15, 0.2) is 0 Å². The Hall–Kier alpha value is -2.37. The maximum absolute atomic E-state index is 12.6. The lowest BCUT2D eigenvalue weighted by Gasteiger charge is -2.27. The first kappa shape index (κ1) is 21.9. The van der Waals surface area contributed by atoms with E-state index in [1.807, 2.05) is 36.9 Å². The molecule has 1 aromatic rings. The molecule has 2 amide bonds. The van der Waals surface area contributed by atoms with Crippen LogP contribution >= 0.6 is 0 Å². The van der Waals surface area contributed by atoms with Crippen molar-refractivity contribution in [1.29, 1.82) is 0 Å². The van der Waals surface area contributed by atoms with Crippen molar-refractivity contribution >= 4 is 17.8 Å². The molecule has 0 spiro atoms. The van der Waals surface area contributed by atoms with E-state index >= 15 is 0 Å². The van der Waals surface area contributed by atoms with Crippen LogP contribution < -0.4 is 5.32 Å². The van der Waals surface area contributed by atoms with E-state index in [0.717, 1.165) is 18.4 Å². The molecular formula is C22H32N2O4. The summed E-state index contributed by atoms with van der Waals surface area (Å²) < 4.78 is 0. The highest BCUT2D eigenvalue weighted by Gasteiger charge is 2.33. The summed E-state index contributed by atoms with van der Waals surface area (Å²) in [5.41, 5.74) is 2.33. The van der Waals surface area contributed by atoms with Crippen LogP contribution in [0.25, 0.3) is 0 Å². The molecular weight excluding hydrogens is 356 g/mol. The summed E-state index contributed by atoms with van der Waals surface area (Å²) in [6.07, 6.45) is 2.93. The van der Waals surface area contributed by atoms with Gasteiger partial charge >= 0.3 is 5.97 Å². The third kappa shape index (κ3) is 5.81. The van der Waals surface area contributed by atoms with Crippen molar-refractivity contribution in [2.45, 2.75) is 77.9 Å². The number of rotatable bonds is 10. The van der Waals surface area contributed by atoms with Crippen LogP contribution in [0.1, 0.15) is 64.0 Å². The van der Waals surface area contributed by atoms with Crippen molar-refractivity contribution < 1.29 is 19.5 Å². The van der Waals surface area contributed by atoms with Gasteiger partial charge in [-0.3, -0.25) is 14.4 Å². The standard InChI is InChI=1S/C22H32N2O4/c1-4-15(3)19(13-22(27)28)23-20(25)12-18-10-11-21(26)24(18)14-17-9-7-6-8-16(17)5-2/h6-9,15,18-19H,4-5,10-14H2,1-3H3,(H,23,25)(H,27,28)/t15-,18+,19-/m1/s1. The number of aliphatic carboxylic acids is 1. The average molecular weight is 389 g/mol. The molecule has 0 aliphatic carbocycles. The normalized spacial score (nSPS) is 18.8. The molecule has 1 aromatic carbocycles. The lowest BCUT2D eigenvalue weighted by Crippen LogP contribution is -2.43. The van der Waals surface area contributed by atoms with Crippen molar-refractivity contribution in [3.05, 3.63) is 35.4 Å². The first-order valence-corrected chi connectivity index (χ1v) is 10.2. The number of amides is 2. The first-order chi connectivity index (χ1) is 13.3. The summed E-state index contributed by atoms with van der Waals surface area (Å²) in [6, 6.07) is 7.55. The van der Waals surface area contributed by atoms with Gasteiger partial charge in [0, 0.05) is 31.5 Å². The largest absolute Gasteiger partial charge is 0.481 e. The number of carbonyl (C=O) groups excluding carboxylic acids is 2. The number of hydrogen-bond acceptors (Lipinski definition) is 3. The van der Waals surface area contributed by atoms with Crippen LogP contribution in [0, 0.1) is 5.92 Å². The summed E-state index contributed by atoms with van der Waals surface area (Å²) in [7, 11) is 0. The van der Waals surface area contributed by atoms with Gasteiger partial charge in [-0.1, -0.05) is 51.5 Å². The number of nitrogens with one attached hydrogen (secondary N) is 1. The molecule has 0 radical (unpaired) electrons. The molecule has 28 heavy (non-hydrogen) atoms. The van der Waals surface area contributed by atoms with Gasteiger partial charge in [0.25, 0.3) is 0 Å². The summed E-state index contributed by atoms with van der Waals surface area (Å²) in [6.45, 7) is 6.53. The second kappa shape index (κ2) is 10.2. The molecule has 1 fully saturated rings. The average Bonchev–Trinajstić information content (AvgIpc) is 3.00. The number of nitrogens with zero attached hydrogens (tertiary/aromatic N) is 1. The fourth-order valence-electron chi connectivity index (χ4n) is 3.81. The highest BCUT2D eigenvalue weighted by atomic mass is 16.4. The molecule has 154 valence electrons. The van der Waals surface area contributed by atoms with E-state index in [1.165, 1.54) is 5.56 Å². The molecule has 6 heteroatoms. The molecule has 1 heterocycles. The number of hydrogen-bond donors (Lipinski definition) is 2. The Bertz CT molecular complexity index is 704. The van der Waals surface area contributed by atoms with E-state index in [4.69, 9.17) is 5.11 Å². The Morgan fingerprint density at radius 1 is 1.25 bits per heavy atom. The highest BCUT2D eigenvalue weighted by Crippen LogP contribution is 2.25. The van der Waals surface area contributed by atoms with Crippen molar-refractivity contribution in [2.75, 3.05) is 0 Å². The van der Waals surface area contributed by atoms with Gasteiger partial charge in [-0.05, 0) is 29.9 Å². The first-order valence-electron chi connectivity index (χ1n) is 10.2. The molecule has 2 N–H and O–H groups in total. The van der Waals surface area contributed by atoms with Gasteiger partial charge in [0.2, 0.25) is 11.8 Å². The van der Waals surface area contributed by atoms with E-state index < -0.39 is 5.97 Å². The van der Waals surface area contributed by atoms with Crippen molar-refractivity contribution in [3.63, 3.8) is 0 Å². The molecule has 1 aliphatic heterocycles. The highest BCUT2D eigenvalue weighted by molar-refractivity contribution is 5.82. The molecule has 0 aromatic heterocycles. The van der Waals surface area contributed by atoms with Gasteiger partial charge in [-0.25, -0.2) is 0 Å². The quantitative estimate of drug-likeness (QED) is 0.645. The Kier molecular flexibility index (Phi) is 8.03. The number of benzene rings is 1. The van der Waals surface area contributed by atoms with Crippen LogP contribution in [-0.4, -0.2) is 39.9 Å². The second-order valence-corrected chi connectivity index (χ2v) is 7.70. The lowest BCUT2D eigenvalue weighted by atomic mass is 9.96. The number of carboxylic acids is 1. The summed E-state index contributed by atoms with van der Waals surface area (Å²) in [5, 5.41) is 12.0. The maximum atomic E-state index is 12.6. The fraction of sp³-hybridized carbons (Fsp3) is 0.591. The smallest absolute Gasteiger partial charge is 0.305 e. The third-order valence-electron chi connectivity index (χ3n) is 5.79. The van der Waals surface area contributed by atoms with Crippen molar-refractivity contribution in [2.24, 2.45) is 5.92 Å². The predicted octanol–water partition coefficient (Wildman–Crippen LogP) is 3.14. The van der Waals surface area contributed by atoms with E-state index in [0.29, 0.717) is 19.4 Å². The third-order valence-corrected chi connectivity index (χ3v) is 5.79.